The molecule has 1 fully saturated rings. The molecule has 1 atom stereocenters. The van der Waals surface area contributed by atoms with Crippen LogP contribution in [0.15, 0.2) is 24.3 Å². The Hall–Kier alpha value is -1.88. The molecule has 1 aliphatic rings. The fourth-order valence-electron chi connectivity index (χ4n) is 2.53. The Morgan fingerprint density at radius 2 is 1.71 bits per heavy atom. The molecular formula is C16H23N3O2. The average molecular weight is 289 g/mol. The third kappa shape index (κ3) is 4.04. The summed E-state index contributed by atoms with van der Waals surface area (Å²) in [5.74, 6) is -0.167. The molecule has 21 heavy (non-hydrogen) atoms. The molecule has 2 amide bonds. The maximum absolute atomic E-state index is 12.3. The molecule has 1 aromatic rings. The summed E-state index contributed by atoms with van der Waals surface area (Å²) in [5.41, 5.74) is 7.55. The summed E-state index contributed by atoms with van der Waals surface area (Å²) >= 11 is 0. The van der Waals surface area contributed by atoms with Crippen molar-refractivity contribution in [2.45, 2.75) is 26.3 Å². The molecule has 114 valence electrons. The zero-order valence-electron chi connectivity index (χ0n) is 12.7. The van der Waals surface area contributed by atoms with E-state index in [1.807, 2.05) is 47.9 Å². The Balaban J connectivity index is 1.85. The van der Waals surface area contributed by atoms with Crippen LogP contribution in [0.3, 0.4) is 0 Å². The van der Waals surface area contributed by atoms with Gasteiger partial charge in [-0.3, -0.25) is 14.5 Å². The van der Waals surface area contributed by atoms with Crippen LogP contribution < -0.4 is 5.73 Å². The summed E-state index contributed by atoms with van der Waals surface area (Å²) < 4.78 is 0. The SMILES string of the molecule is Cc1ccc(CC(=O)N2CCN(C(C)C(N)=O)CC2)cc1. The molecule has 2 N–H and O–H groups in total. The molecule has 1 saturated heterocycles. The standard InChI is InChI=1S/C16H23N3O2/c1-12-3-5-14(6-4-12)11-15(20)19-9-7-18(8-10-19)13(2)16(17)21/h3-6,13H,7-11H2,1-2H3,(H2,17,21). The predicted octanol–water partition coefficient (Wildman–Crippen LogP) is 0.556. The van der Waals surface area contributed by atoms with Crippen molar-refractivity contribution in [2.24, 2.45) is 5.73 Å². The molecule has 1 unspecified atom stereocenters. The molecule has 0 spiro atoms. The van der Waals surface area contributed by atoms with E-state index in [4.69, 9.17) is 5.73 Å². The number of benzene rings is 1. The third-order valence-electron chi connectivity index (χ3n) is 4.10. The van der Waals surface area contributed by atoms with E-state index in [1.165, 1.54) is 5.56 Å². The minimum atomic E-state index is -0.311. The normalized spacial score (nSPS) is 17.5. The monoisotopic (exact) mass is 289 g/mol. The quantitative estimate of drug-likeness (QED) is 0.880. The minimum Gasteiger partial charge on any atom is -0.368 e. The summed E-state index contributed by atoms with van der Waals surface area (Å²) in [6.45, 7) is 6.55. The van der Waals surface area contributed by atoms with Crippen LogP contribution in [0.1, 0.15) is 18.1 Å². The lowest BCUT2D eigenvalue weighted by Crippen LogP contribution is -2.54. The van der Waals surface area contributed by atoms with E-state index in [2.05, 4.69) is 0 Å². The summed E-state index contributed by atoms with van der Waals surface area (Å²) in [7, 11) is 0. The lowest BCUT2D eigenvalue weighted by atomic mass is 10.1. The van der Waals surface area contributed by atoms with Crippen LogP contribution in [-0.4, -0.2) is 53.8 Å². The van der Waals surface area contributed by atoms with Crippen molar-refractivity contribution in [1.82, 2.24) is 9.80 Å². The molecule has 5 nitrogen and oxygen atoms in total. The van der Waals surface area contributed by atoms with Gasteiger partial charge in [0.05, 0.1) is 12.5 Å². The van der Waals surface area contributed by atoms with Gasteiger partial charge in [-0.1, -0.05) is 29.8 Å². The number of carbonyl (C=O) groups is 2. The van der Waals surface area contributed by atoms with E-state index in [-0.39, 0.29) is 17.9 Å². The lowest BCUT2D eigenvalue weighted by molar-refractivity contribution is -0.133. The highest BCUT2D eigenvalue weighted by atomic mass is 16.2. The van der Waals surface area contributed by atoms with Crippen LogP contribution in [0.25, 0.3) is 0 Å². The van der Waals surface area contributed by atoms with Crippen molar-refractivity contribution in [3.63, 3.8) is 0 Å². The molecular weight excluding hydrogens is 266 g/mol. The van der Waals surface area contributed by atoms with Gasteiger partial charge in [-0.15, -0.1) is 0 Å². The van der Waals surface area contributed by atoms with Gasteiger partial charge in [-0.2, -0.15) is 0 Å². The Bertz CT molecular complexity index is 505. The Kier molecular flexibility index (Phi) is 4.96. The highest BCUT2D eigenvalue weighted by molar-refractivity contribution is 5.80. The average Bonchev–Trinajstić information content (AvgIpc) is 2.49. The lowest BCUT2D eigenvalue weighted by Gasteiger charge is -2.37. The van der Waals surface area contributed by atoms with Gasteiger partial charge in [-0.25, -0.2) is 0 Å². The maximum atomic E-state index is 12.3. The Labute approximate surface area is 125 Å². The second-order valence-corrected chi connectivity index (χ2v) is 5.66. The molecule has 0 bridgehead atoms. The molecule has 2 rings (SSSR count). The van der Waals surface area contributed by atoms with Crippen molar-refractivity contribution < 1.29 is 9.59 Å². The summed E-state index contributed by atoms with van der Waals surface area (Å²) in [4.78, 5) is 27.4. The number of aryl methyl sites for hydroxylation is 1. The van der Waals surface area contributed by atoms with Gasteiger partial charge in [0.1, 0.15) is 0 Å². The van der Waals surface area contributed by atoms with E-state index in [0.29, 0.717) is 32.6 Å². The molecule has 0 aromatic heterocycles. The van der Waals surface area contributed by atoms with Crippen molar-refractivity contribution in [3.05, 3.63) is 35.4 Å². The first-order valence-corrected chi connectivity index (χ1v) is 7.34. The first kappa shape index (κ1) is 15.5. The zero-order valence-corrected chi connectivity index (χ0v) is 12.7. The molecule has 5 heteroatoms. The fraction of sp³-hybridized carbons (Fsp3) is 0.500. The fourth-order valence-corrected chi connectivity index (χ4v) is 2.53. The number of primary amides is 1. The Morgan fingerprint density at radius 1 is 1.14 bits per heavy atom. The van der Waals surface area contributed by atoms with E-state index in [0.717, 1.165) is 5.56 Å². The zero-order chi connectivity index (χ0) is 15.4. The van der Waals surface area contributed by atoms with Crippen molar-refractivity contribution in [3.8, 4) is 0 Å². The van der Waals surface area contributed by atoms with Gasteiger partial charge in [0.2, 0.25) is 11.8 Å². The van der Waals surface area contributed by atoms with Crippen molar-refractivity contribution in [1.29, 1.82) is 0 Å². The van der Waals surface area contributed by atoms with Gasteiger partial charge >= 0.3 is 0 Å². The number of nitrogens with zero attached hydrogens (tertiary/aromatic N) is 2. The predicted molar refractivity (Wildman–Crippen MR) is 81.7 cm³/mol. The summed E-state index contributed by atoms with van der Waals surface area (Å²) in [5, 5.41) is 0. The second-order valence-electron chi connectivity index (χ2n) is 5.66. The number of carbonyl (C=O) groups excluding carboxylic acids is 2. The van der Waals surface area contributed by atoms with Crippen LogP contribution in [0.4, 0.5) is 0 Å². The maximum Gasteiger partial charge on any atom is 0.234 e. The number of nitrogens with two attached hydrogens (primary N) is 1. The van der Waals surface area contributed by atoms with E-state index < -0.39 is 0 Å². The second kappa shape index (κ2) is 6.72. The van der Waals surface area contributed by atoms with Gasteiger partial charge in [-0.05, 0) is 19.4 Å². The van der Waals surface area contributed by atoms with E-state index in [9.17, 15) is 9.59 Å². The van der Waals surface area contributed by atoms with Gasteiger partial charge in [0.15, 0.2) is 0 Å². The third-order valence-corrected chi connectivity index (χ3v) is 4.10. The summed E-state index contributed by atoms with van der Waals surface area (Å²) in [6.07, 6.45) is 0.436. The number of hydrogen-bond acceptors (Lipinski definition) is 3. The summed E-state index contributed by atoms with van der Waals surface area (Å²) in [6, 6.07) is 7.78. The van der Waals surface area contributed by atoms with Crippen LogP contribution in [0, 0.1) is 6.92 Å². The van der Waals surface area contributed by atoms with Crippen molar-refractivity contribution in [2.75, 3.05) is 26.2 Å². The smallest absolute Gasteiger partial charge is 0.234 e. The van der Waals surface area contributed by atoms with Crippen LogP contribution in [-0.2, 0) is 16.0 Å². The number of rotatable bonds is 4. The highest BCUT2D eigenvalue weighted by Gasteiger charge is 2.26. The van der Waals surface area contributed by atoms with Gasteiger partial charge < -0.3 is 10.6 Å². The first-order valence-electron chi connectivity index (χ1n) is 7.34. The number of piperazine rings is 1. The molecule has 1 aromatic carbocycles. The van der Waals surface area contributed by atoms with E-state index in [1.54, 1.807) is 0 Å². The topological polar surface area (TPSA) is 66.6 Å². The van der Waals surface area contributed by atoms with Crippen LogP contribution in [0.2, 0.25) is 0 Å². The molecule has 0 saturated carbocycles. The van der Waals surface area contributed by atoms with Crippen molar-refractivity contribution >= 4 is 11.8 Å². The van der Waals surface area contributed by atoms with Gasteiger partial charge in [0, 0.05) is 26.2 Å². The Morgan fingerprint density at radius 3 is 2.24 bits per heavy atom. The number of hydrogen-bond donors (Lipinski definition) is 1. The minimum absolute atomic E-state index is 0.144. The van der Waals surface area contributed by atoms with Crippen LogP contribution in [0.5, 0.6) is 0 Å². The molecule has 1 heterocycles. The number of amides is 2. The molecule has 0 aliphatic carbocycles. The molecule has 0 radical (unpaired) electrons. The highest BCUT2D eigenvalue weighted by Crippen LogP contribution is 2.10. The van der Waals surface area contributed by atoms with E-state index >= 15 is 0 Å². The van der Waals surface area contributed by atoms with Gasteiger partial charge in [0.25, 0.3) is 0 Å². The first-order chi connectivity index (χ1) is 9.97. The van der Waals surface area contributed by atoms with Crippen LogP contribution >= 0.6 is 0 Å². The molecule has 1 aliphatic heterocycles. The largest absolute Gasteiger partial charge is 0.368 e.